The van der Waals surface area contributed by atoms with Gasteiger partial charge in [-0.05, 0) is 38.4 Å². The van der Waals surface area contributed by atoms with E-state index < -0.39 is 0 Å². The zero-order valence-corrected chi connectivity index (χ0v) is 16.1. The van der Waals surface area contributed by atoms with Gasteiger partial charge in [-0.15, -0.1) is 0 Å². The van der Waals surface area contributed by atoms with Crippen molar-refractivity contribution in [3.05, 3.63) is 17.7 Å². The van der Waals surface area contributed by atoms with Crippen LogP contribution < -0.4 is 25.4 Å². The fourth-order valence-corrected chi connectivity index (χ4v) is 3.24. The Morgan fingerprint density at radius 2 is 2.19 bits per heavy atom. The molecule has 0 amide bonds. The first kappa shape index (κ1) is 18.5. The maximum absolute atomic E-state index is 6.07. The zero-order chi connectivity index (χ0) is 18.5. The quantitative estimate of drug-likeness (QED) is 0.751. The Labute approximate surface area is 155 Å². The van der Waals surface area contributed by atoms with E-state index in [1.54, 1.807) is 14.2 Å². The van der Waals surface area contributed by atoms with Gasteiger partial charge in [0.15, 0.2) is 11.5 Å². The summed E-state index contributed by atoms with van der Waals surface area (Å²) in [6.07, 6.45) is 1.98. The lowest BCUT2D eigenvalue weighted by Gasteiger charge is -2.23. The summed E-state index contributed by atoms with van der Waals surface area (Å²) in [6.45, 7) is 6.89. The molecule has 0 saturated carbocycles. The van der Waals surface area contributed by atoms with Gasteiger partial charge in [-0.2, -0.15) is 0 Å². The topological polar surface area (TPSA) is 79.3 Å². The number of rotatable bonds is 5. The van der Waals surface area contributed by atoms with Gasteiger partial charge in [0.05, 0.1) is 19.8 Å². The second-order valence-electron chi connectivity index (χ2n) is 6.94. The molecule has 26 heavy (non-hydrogen) atoms. The Bertz CT molecular complexity index is 695. The Kier molecular flexibility index (Phi) is 5.98. The summed E-state index contributed by atoms with van der Waals surface area (Å²) in [5, 5.41) is 9.98. The monoisotopic (exact) mass is 359 g/mol. The standard InChI is InChI=1S/C19H29N5O2/c1-12-7-16(25-4)17(26-11-14-5-6-21-10-14)9-15(12)23-19-22-13(2)8-18(20-3)24-19/h7,9,13-14,21H,5-6,8,10-11H2,1-4H3,(H2,20,22,23,24)/t13?,14-/m1/s1. The van der Waals surface area contributed by atoms with Crippen LogP contribution in [0.3, 0.4) is 0 Å². The lowest BCUT2D eigenvalue weighted by Crippen LogP contribution is -2.42. The highest BCUT2D eigenvalue weighted by Gasteiger charge is 2.19. The van der Waals surface area contributed by atoms with E-state index in [1.165, 1.54) is 0 Å². The molecule has 7 heteroatoms. The molecule has 1 unspecified atom stereocenters. The Morgan fingerprint density at radius 1 is 1.35 bits per heavy atom. The molecule has 1 saturated heterocycles. The summed E-state index contributed by atoms with van der Waals surface area (Å²) in [6, 6.07) is 4.18. The van der Waals surface area contributed by atoms with Crippen LogP contribution in [-0.4, -0.2) is 51.7 Å². The second-order valence-corrected chi connectivity index (χ2v) is 6.94. The van der Waals surface area contributed by atoms with Crippen LogP contribution in [0.15, 0.2) is 22.1 Å². The number of amidine groups is 1. The van der Waals surface area contributed by atoms with Gasteiger partial charge in [0.1, 0.15) is 5.84 Å². The lowest BCUT2D eigenvalue weighted by molar-refractivity contribution is 0.247. The SMILES string of the molecule is CN=C1CC(C)N=C(Nc2cc(OC[C@@H]3CCNC3)c(OC)cc2C)N1. The van der Waals surface area contributed by atoms with Crippen molar-refractivity contribution >= 4 is 17.5 Å². The first-order valence-corrected chi connectivity index (χ1v) is 9.18. The molecule has 7 nitrogen and oxygen atoms in total. The highest BCUT2D eigenvalue weighted by molar-refractivity contribution is 6.07. The van der Waals surface area contributed by atoms with E-state index in [-0.39, 0.29) is 6.04 Å². The van der Waals surface area contributed by atoms with Crippen LogP contribution in [0.2, 0.25) is 0 Å². The number of ether oxygens (including phenoxy) is 2. The van der Waals surface area contributed by atoms with Crippen LogP contribution in [0.5, 0.6) is 11.5 Å². The molecule has 2 aliphatic rings. The van der Waals surface area contributed by atoms with E-state index in [0.29, 0.717) is 18.5 Å². The predicted molar refractivity (Wildman–Crippen MR) is 106 cm³/mol. The summed E-state index contributed by atoms with van der Waals surface area (Å²) < 4.78 is 11.6. The molecule has 1 aromatic rings. The van der Waals surface area contributed by atoms with Crippen molar-refractivity contribution in [2.75, 3.05) is 39.2 Å². The largest absolute Gasteiger partial charge is 0.493 e. The molecule has 0 bridgehead atoms. The number of nitrogens with zero attached hydrogens (tertiary/aromatic N) is 2. The second kappa shape index (κ2) is 8.40. The number of aliphatic imine (C=N–C) groups is 2. The van der Waals surface area contributed by atoms with Crippen molar-refractivity contribution in [2.45, 2.75) is 32.7 Å². The van der Waals surface area contributed by atoms with Crippen LogP contribution in [0.25, 0.3) is 0 Å². The maximum Gasteiger partial charge on any atom is 0.201 e. The van der Waals surface area contributed by atoms with Gasteiger partial charge in [0.2, 0.25) is 5.96 Å². The fraction of sp³-hybridized carbons (Fsp3) is 0.579. The lowest BCUT2D eigenvalue weighted by atomic mass is 10.1. The van der Waals surface area contributed by atoms with Gasteiger partial charge in [-0.1, -0.05) is 0 Å². The van der Waals surface area contributed by atoms with Gasteiger partial charge >= 0.3 is 0 Å². The number of methoxy groups -OCH3 is 1. The van der Waals surface area contributed by atoms with Crippen molar-refractivity contribution < 1.29 is 9.47 Å². The minimum absolute atomic E-state index is 0.196. The van der Waals surface area contributed by atoms with Crippen LogP contribution in [0.1, 0.15) is 25.3 Å². The third-order valence-corrected chi connectivity index (χ3v) is 4.77. The molecule has 1 aromatic carbocycles. The minimum atomic E-state index is 0.196. The van der Waals surface area contributed by atoms with Crippen LogP contribution in [0.4, 0.5) is 5.69 Å². The fourth-order valence-electron chi connectivity index (χ4n) is 3.24. The van der Waals surface area contributed by atoms with Gasteiger partial charge in [-0.25, -0.2) is 4.99 Å². The van der Waals surface area contributed by atoms with Gasteiger partial charge in [0.25, 0.3) is 0 Å². The molecule has 0 spiro atoms. The molecule has 2 aliphatic heterocycles. The van der Waals surface area contributed by atoms with Crippen molar-refractivity contribution in [2.24, 2.45) is 15.9 Å². The average molecular weight is 359 g/mol. The number of hydrogen-bond donors (Lipinski definition) is 3. The van der Waals surface area contributed by atoms with Crippen LogP contribution in [-0.2, 0) is 0 Å². The van der Waals surface area contributed by atoms with E-state index in [0.717, 1.165) is 54.5 Å². The molecule has 3 N–H and O–H groups in total. The van der Waals surface area contributed by atoms with E-state index in [2.05, 4.69) is 32.9 Å². The number of guanidine groups is 1. The van der Waals surface area contributed by atoms with Crippen LogP contribution in [0, 0.1) is 12.8 Å². The molecule has 0 radical (unpaired) electrons. The molecule has 1 fully saturated rings. The zero-order valence-electron chi connectivity index (χ0n) is 16.1. The van der Waals surface area contributed by atoms with Gasteiger partial charge < -0.3 is 25.4 Å². The van der Waals surface area contributed by atoms with Crippen molar-refractivity contribution in [3.8, 4) is 11.5 Å². The Morgan fingerprint density at radius 3 is 2.88 bits per heavy atom. The summed E-state index contributed by atoms with van der Waals surface area (Å²) >= 11 is 0. The normalized spacial score (nSPS) is 24.2. The maximum atomic E-state index is 6.07. The number of benzene rings is 1. The highest BCUT2D eigenvalue weighted by atomic mass is 16.5. The number of aryl methyl sites for hydroxylation is 1. The first-order chi connectivity index (χ1) is 12.6. The summed E-state index contributed by atoms with van der Waals surface area (Å²) in [5.41, 5.74) is 2.01. The molecular formula is C19H29N5O2. The smallest absolute Gasteiger partial charge is 0.201 e. The third kappa shape index (κ3) is 4.46. The molecule has 142 valence electrons. The van der Waals surface area contributed by atoms with Crippen molar-refractivity contribution in [3.63, 3.8) is 0 Å². The van der Waals surface area contributed by atoms with Gasteiger partial charge in [-0.3, -0.25) is 4.99 Å². The van der Waals surface area contributed by atoms with Crippen LogP contribution >= 0.6 is 0 Å². The number of hydrogen-bond acceptors (Lipinski definition) is 6. The van der Waals surface area contributed by atoms with E-state index in [1.807, 2.05) is 19.1 Å². The summed E-state index contributed by atoms with van der Waals surface area (Å²) in [5.74, 6) is 3.70. The predicted octanol–water partition coefficient (Wildman–Crippen LogP) is 2.17. The number of nitrogens with one attached hydrogen (secondary N) is 3. The summed E-state index contributed by atoms with van der Waals surface area (Å²) in [7, 11) is 3.46. The van der Waals surface area contributed by atoms with E-state index >= 15 is 0 Å². The van der Waals surface area contributed by atoms with Gasteiger partial charge in [0, 0.05) is 37.7 Å². The molecular weight excluding hydrogens is 330 g/mol. The number of anilines is 1. The third-order valence-electron chi connectivity index (χ3n) is 4.77. The first-order valence-electron chi connectivity index (χ1n) is 9.18. The van der Waals surface area contributed by atoms with E-state index in [4.69, 9.17) is 9.47 Å². The van der Waals surface area contributed by atoms with E-state index in [9.17, 15) is 0 Å². The van der Waals surface area contributed by atoms with Crippen molar-refractivity contribution in [1.82, 2.24) is 10.6 Å². The highest BCUT2D eigenvalue weighted by Crippen LogP contribution is 2.34. The summed E-state index contributed by atoms with van der Waals surface area (Å²) in [4.78, 5) is 8.90. The van der Waals surface area contributed by atoms with Crippen molar-refractivity contribution in [1.29, 1.82) is 0 Å². The minimum Gasteiger partial charge on any atom is -0.493 e. The molecule has 0 aliphatic carbocycles. The molecule has 2 atom stereocenters. The Hall–Kier alpha value is -2.28. The Balaban J connectivity index is 1.76. The molecule has 2 heterocycles. The average Bonchev–Trinajstić information content (AvgIpc) is 3.14. The molecule has 3 rings (SSSR count). The molecule has 0 aromatic heterocycles.